The second-order valence-electron chi connectivity index (χ2n) is 8.86. The van der Waals surface area contributed by atoms with Crippen LogP contribution in [0, 0.1) is 0 Å². The van der Waals surface area contributed by atoms with Gasteiger partial charge in [-0.3, -0.25) is 9.88 Å². The van der Waals surface area contributed by atoms with Crippen LogP contribution in [-0.4, -0.2) is 55.9 Å². The van der Waals surface area contributed by atoms with Crippen molar-refractivity contribution in [2.45, 2.75) is 23.4 Å². The van der Waals surface area contributed by atoms with Crippen LogP contribution >= 0.6 is 11.6 Å². The minimum atomic E-state index is -3.73. The monoisotopic (exact) mass is 554 g/mol. The number of hydrogen-bond donors (Lipinski definition) is 3. The van der Waals surface area contributed by atoms with Crippen LogP contribution in [0.2, 0.25) is 5.02 Å². The summed E-state index contributed by atoms with van der Waals surface area (Å²) < 4.78 is 27.0. The van der Waals surface area contributed by atoms with E-state index in [0.29, 0.717) is 50.0 Å². The molecule has 11 heteroatoms. The van der Waals surface area contributed by atoms with Gasteiger partial charge in [0.2, 0.25) is 0 Å². The predicted molar refractivity (Wildman–Crippen MR) is 151 cm³/mol. The number of nitrogens with two attached hydrogens (primary N) is 1. The first-order valence-electron chi connectivity index (χ1n) is 12.2. The van der Waals surface area contributed by atoms with Crippen molar-refractivity contribution >= 4 is 38.8 Å². The number of urea groups is 1. The maximum atomic E-state index is 13.5. The molecule has 4 rings (SSSR count). The SMILES string of the molecule is C=CC(N1CCN(c2cc(Cl)ccc2CN)CC1)S(=O)(=O)c1ccc(NC(=O)NCc2cccnc2)cc1. The Balaban J connectivity index is 1.37. The zero-order valence-electron chi connectivity index (χ0n) is 20.9. The lowest BCUT2D eigenvalue weighted by atomic mass is 10.1. The van der Waals surface area contributed by atoms with Crippen molar-refractivity contribution < 1.29 is 13.2 Å². The molecule has 9 nitrogen and oxygen atoms in total. The number of carbonyl (C=O) groups is 1. The van der Waals surface area contributed by atoms with Crippen molar-refractivity contribution in [1.82, 2.24) is 15.2 Å². The Bertz CT molecular complexity index is 1360. The summed E-state index contributed by atoms with van der Waals surface area (Å²) in [7, 11) is -3.73. The van der Waals surface area contributed by atoms with E-state index in [1.54, 1.807) is 30.6 Å². The van der Waals surface area contributed by atoms with Gasteiger partial charge in [0.1, 0.15) is 5.37 Å². The van der Waals surface area contributed by atoms with Crippen LogP contribution in [0.1, 0.15) is 11.1 Å². The fourth-order valence-electron chi connectivity index (χ4n) is 4.42. The van der Waals surface area contributed by atoms with E-state index in [4.69, 9.17) is 17.3 Å². The number of sulfone groups is 1. The molecular formula is C27H31ClN6O3S. The molecule has 1 atom stereocenters. The van der Waals surface area contributed by atoms with Crippen LogP contribution in [0.15, 0.2) is 84.5 Å². The highest BCUT2D eigenvalue weighted by Gasteiger charge is 2.33. The molecule has 1 aliphatic rings. The number of anilines is 2. The van der Waals surface area contributed by atoms with Gasteiger partial charge in [-0.25, -0.2) is 13.2 Å². The number of pyridine rings is 1. The number of nitrogens with zero attached hydrogens (tertiary/aromatic N) is 3. The number of hydrogen-bond acceptors (Lipinski definition) is 7. The van der Waals surface area contributed by atoms with Crippen LogP contribution < -0.4 is 21.3 Å². The van der Waals surface area contributed by atoms with Gasteiger partial charge in [-0.05, 0) is 53.6 Å². The van der Waals surface area contributed by atoms with E-state index >= 15 is 0 Å². The van der Waals surface area contributed by atoms with E-state index in [1.165, 1.54) is 18.2 Å². The highest BCUT2D eigenvalue weighted by Crippen LogP contribution is 2.28. The molecule has 0 bridgehead atoms. The minimum absolute atomic E-state index is 0.159. The smallest absolute Gasteiger partial charge is 0.319 e. The third-order valence-corrected chi connectivity index (χ3v) is 8.71. The molecule has 1 aliphatic heterocycles. The topological polar surface area (TPSA) is 121 Å². The summed E-state index contributed by atoms with van der Waals surface area (Å²) in [6.45, 7) is 6.85. The molecular weight excluding hydrogens is 524 g/mol. The molecule has 2 amide bonds. The molecule has 4 N–H and O–H groups in total. The number of rotatable bonds is 9. The van der Waals surface area contributed by atoms with Gasteiger partial charge in [-0.1, -0.05) is 29.8 Å². The Morgan fingerprint density at radius 2 is 1.87 bits per heavy atom. The average molecular weight is 555 g/mol. The molecule has 2 heterocycles. The summed E-state index contributed by atoms with van der Waals surface area (Å²) in [5.74, 6) is 0. The zero-order valence-corrected chi connectivity index (χ0v) is 22.5. The Morgan fingerprint density at radius 1 is 1.13 bits per heavy atom. The normalized spacial score (nSPS) is 15.1. The summed E-state index contributed by atoms with van der Waals surface area (Å²) >= 11 is 6.20. The van der Waals surface area contributed by atoms with Crippen molar-refractivity contribution in [3.8, 4) is 0 Å². The first-order chi connectivity index (χ1) is 18.3. The second kappa shape index (κ2) is 12.4. The van der Waals surface area contributed by atoms with Gasteiger partial charge >= 0.3 is 6.03 Å². The number of benzene rings is 2. The lowest BCUT2D eigenvalue weighted by molar-refractivity contribution is 0.251. The molecule has 0 radical (unpaired) electrons. The third-order valence-electron chi connectivity index (χ3n) is 6.42. The van der Waals surface area contributed by atoms with Crippen LogP contribution in [0.5, 0.6) is 0 Å². The highest BCUT2D eigenvalue weighted by molar-refractivity contribution is 7.92. The number of carbonyl (C=O) groups excluding carboxylic acids is 1. The first-order valence-corrected chi connectivity index (χ1v) is 14.1. The number of amides is 2. The van der Waals surface area contributed by atoms with E-state index < -0.39 is 21.2 Å². The first kappa shape index (κ1) is 27.6. The Labute approximate surface area is 228 Å². The van der Waals surface area contributed by atoms with Crippen molar-refractivity contribution in [2.75, 3.05) is 36.4 Å². The Morgan fingerprint density at radius 3 is 2.50 bits per heavy atom. The molecule has 1 saturated heterocycles. The molecule has 2 aromatic carbocycles. The van der Waals surface area contributed by atoms with Gasteiger partial charge in [0.25, 0.3) is 0 Å². The second-order valence-corrected chi connectivity index (χ2v) is 11.3. The van der Waals surface area contributed by atoms with Crippen LogP contribution in [0.25, 0.3) is 0 Å². The quantitative estimate of drug-likeness (QED) is 0.345. The molecule has 0 aliphatic carbocycles. The van der Waals surface area contributed by atoms with Crippen molar-refractivity contribution in [1.29, 1.82) is 0 Å². The van der Waals surface area contributed by atoms with Crippen LogP contribution in [0.4, 0.5) is 16.2 Å². The maximum absolute atomic E-state index is 13.5. The Kier molecular flexibility index (Phi) is 9.01. The van der Waals surface area contributed by atoms with Gasteiger partial charge < -0.3 is 21.3 Å². The molecule has 200 valence electrons. The summed E-state index contributed by atoms with van der Waals surface area (Å²) in [6, 6.07) is 15.0. The number of aromatic nitrogens is 1. The lowest BCUT2D eigenvalue weighted by Gasteiger charge is -2.39. The molecule has 1 unspecified atom stereocenters. The number of piperazine rings is 1. The van der Waals surface area contributed by atoms with Crippen LogP contribution in [-0.2, 0) is 22.9 Å². The van der Waals surface area contributed by atoms with Crippen molar-refractivity contribution in [3.63, 3.8) is 0 Å². The minimum Gasteiger partial charge on any atom is -0.369 e. The molecule has 38 heavy (non-hydrogen) atoms. The van der Waals surface area contributed by atoms with E-state index in [9.17, 15) is 13.2 Å². The summed E-state index contributed by atoms with van der Waals surface area (Å²) in [5.41, 5.74) is 9.22. The molecule has 1 aromatic heterocycles. The summed E-state index contributed by atoms with van der Waals surface area (Å²) in [4.78, 5) is 20.5. The lowest BCUT2D eigenvalue weighted by Crippen LogP contribution is -2.52. The van der Waals surface area contributed by atoms with E-state index in [0.717, 1.165) is 16.8 Å². The average Bonchev–Trinajstić information content (AvgIpc) is 2.93. The summed E-state index contributed by atoms with van der Waals surface area (Å²) in [5, 5.41) is 5.21. The fourth-order valence-corrected chi connectivity index (χ4v) is 6.24. The van der Waals surface area contributed by atoms with Gasteiger partial charge in [0, 0.05) is 68.1 Å². The van der Waals surface area contributed by atoms with Gasteiger partial charge in [-0.2, -0.15) is 0 Å². The van der Waals surface area contributed by atoms with E-state index in [1.807, 2.05) is 29.2 Å². The van der Waals surface area contributed by atoms with Gasteiger partial charge in [0.05, 0.1) is 4.90 Å². The summed E-state index contributed by atoms with van der Waals surface area (Å²) in [6.07, 6.45) is 4.80. The van der Waals surface area contributed by atoms with E-state index in [2.05, 4.69) is 27.1 Å². The molecule has 0 saturated carbocycles. The van der Waals surface area contributed by atoms with Gasteiger partial charge in [0.15, 0.2) is 9.84 Å². The maximum Gasteiger partial charge on any atom is 0.319 e. The van der Waals surface area contributed by atoms with Crippen molar-refractivity contribution in [2.24, 2.45) is 5.73 Å². The highest BCUT2D eigenvalue weighted by atomic mass is 35.5. The number of halogens is 1. The fraction of sp³-hybridized carbons (Fsp3) is 0.259. The molecule has 3 aromatic rings. The largest absolute Gasteiger partial charge is 0.369 e. The van der Waals surface area contributed by atoms with Crippen molar-refractivity contribution in [3.05, 3.63) is 95.8 Å². The Hall–Kier alpha value is -3.44. The molecule has 1 fully saturated rings. The van der Waals surface area contributed by atoms with Gasteiger partial charge in [-0.15, -0.1) is 6.58 Å². The zero-order chi connectivity index (χ0) is 27.1. The third kappa shape index (κ3) is 6.51. The standard InChI is InChI=1S/C27H31ClN6O3S/c1-2-26(34-14-12-33(13-15-34)25-16-22(28)6-5-21(25)17-29)38(36,37)24-9-7-23(8-10-24)32-27(35)31-19-20-4-3-11-30-18-20/h2-11,16,18,26H,1,12-15,17,19,29H2,(H2,31,32,35). The van der Waals surface area contributed by atoms with E-state index in [-0.39, 0.29) is 4.90 Å². The predicted octanol–water partition coefficient (Wildman–Crippen LogP) is 3.62. The van der Waals surface area contributed by atoms with Crippen LogP contribution in [0.3, 0.4) is 0 Å². The number of nitrogens with one attached hydrogen (secondary N) is 2. The molecule has 0 spiro atoms.